The van der Waals surface area contributed by atoms with Crippen LogP contribution in [0, 0.1) is 12.8 Å². The highest BCUT2D eigenvalue weighted by molar-refractivity contribution is 6.31. The monoisotopic (exact) mass is 281 g/mol. The number of benzene rings is 1. The van der Waals surface area contributed by atoms with Gasteiger partial charge in [-0.1, -0.05) is 24.1 Å². The molecule has 1 aromatic rings. The Morgan fingerprint density at radius 1 is 1.37 bits per heavy atom. The van der Waals surface area contributed by atoms with Crippen molar-refractivity contribution in [3.05, 3.63) is 34.3 Å². The minimum Gasteiger partial charge on any atom is -0.481 e. The Bertz CT molecular complexity index is 515. The zero-order valence-electron chi connectivity index (χ0n) is 10.6. The Balaban J connectivity index is 2.08. The van der Waals surface area contributed by atoms with E-state index >= 15 is 0 Å². The van der Waals surface area contributed by atoms with Crippen LogP contribution >= 0.6 is 11.6 Å². The lowest BCUT2D eigenvalue weighted by molar-refractivity contribution is -0.142. The summed E-state index contributed by atoms with van der Waals surface area (Å²) in [5.41, 5.74) is 1.37. The standard InChI is InChI=1S/C14H16ClNO3/c1-8-5-6-9(7-11(8)15)13(17)16-12-4-2-3-10(12)14(18)19/h5-7,10,12H,2-4H2,1H3,(H,16,17)(H,18,19)/t10-,12+/m0/s1. The summed E-state index contributed by atoms with van der Waals surface area (Å²) in [7, 11) is 0. The number of hydrogen-bond acceptors (Lipinski definition) is 2. The van der Waals surface area contributed by atoms with Crippen molar-refractivity contribution in [3.63, 3.8) is 0 Å². The molecule has 2 atom stereocenters. The summed E-state index contributed by atoms with van der Waals surface area (Å²) in [4.78, 5) is 23.1. The van der Waals surface area contributed by atoms with Gasteiger partial charge in [0.15, 0.2) is 0 Å². The third-order valence-corrected chi connectivity index (χ3v) is 3.99. The fraction of sp³-hybridized carbons (Fsp3) is 0.429. The zero-order valence-corrected chi connectivity index (χ0v) is 11.4. The van der Waals surface area contributed by atoms with Crippen molar-refractivity contribution in [1.29, 1.82) is 0 Å². The van der Waals surface area contributed by atoms with Gasteiger partial charge in [-0.15, -0.1) is 0 Å². The second kappa shape index (κ2) is 5.61. The summed E-state index contributed by atoms with van der Waals surface area (Å²) >= 11 is 5.98. The second-order valence-corrected chi connectivity index (χ2v) is 5.33. The maximum atomic E-state index is 12.1. The van der Waals surface area contributed by atoms with Crippen molar-refractivity contribution < 1.29 is 14.7 Å². The van der Waals surface area contributed by atoms with Gasteiger partial charge in [0.25, 0.3) is 5.91 Å². The number of carbonyl (C=O) groups excluding carboxylic acids is 1. The van der Waals surface area contributed by atoms with Crippen LogP contribution in [0.3, 0.4) is 0 Å². The molecular weight excluding hydrogens is 266 g/mol. The summed E-state index contributed by atoms with van der Waals surface area (Å²) < 4.78 is 0. The lowest BCUT2D eigenvalue weighted by Gasteiger charge is -2.17. The van der Waals surface area contributed by atoms with Gasteiger partial charge in [-0.05, 0) is 37.5 Å². The highest BCUT2D eigenvalue weighted by atomic mass is 35.5. The van der Waals surface area contributed by atoms with Gasteiger partial charge in [-0.3, -0.25) is 9.59 Å². The molecule has 1 aromatic carbocycles. The van der Waals surface area contributed by atoms with Crippen molar-refractivity contribution in [2.24, 2.45) is 5.92 Å². The molecule has 102 valence electrons. The molecule has 0 aliphatic heterocycles. The molecular formula is C14H16ClNO3. The number of nitrogens with one attached hydrogen (secondary N) is 1. The van der Waals surface area contributed by atoms with E-state index in [0.717, 1.165) is 12.0 Å². The first-order chi connectivity index (χ1) is 8.99. The Morgan fingerprint density at radius 2 is 2.11 bits per heavy atom. The van der Waals surface area contributed by atoms with E-state index in [-0.39, 0.29) is 11.9 Å². The van der Waals surface area contributed by atoms with Crippen LogP contribution in [0.15, 0.2) is 18.2 Å². The van der Waals surface area contributed by atoms with Crippen LogP contribution in [-0.2, 0) is 4.79 Å². The minimum absolute atomic E-state index is 0.264. The van der Waals surface area contributed by atoms with Crippen molar-refractivity contribution in [2.75, 3.05) is 0 Å². The molecule has 1 amide bonds. The molecule has 0 unspecified atom stereocenters. The van der Waals surface area contributed by atoms with E-state index < -0.39 is 11.9 Å². The summed E-state index contributed by atoms with van der Waals surface area (Å²) in [5, 5.41) is 12.4. The fourth-order valence-corrected chi connectivity index (χ4v) is 2.59. The molecule has 1 aliphatic rings. The number of aliphatic carboxylic acids is 1. The van der Waals surface area contributed by atoms with E-state index in [1.54, 1.807) is 18.2 Å². The molecule has 1 saturated carbocycles. The van der Waals surface area contributed by atoms with E-state index in [0.29, 0.717) is 23.4 Å². The largest absolute Gasteiger partial charge is 0.481 e. The van der Waals surface area contributed by atoms with Gasteiger partial charge in [0, 0.05) is 16.6 Å². The van der Waals surface area contributed by atoms with Gasteiger partial charge < -0.3 is 10.4 Å². The predicted molar refractivity (Wildman–Crippen MR) is 72.4 cm³/mol. The number of hydrogen-bond donors (Lipinski definition) is 2. The molecule has 2 rings (SSSR count). The molecule has 0 bridgehead atoms. The summed E-state index contributed by atoms with van der Waals surface area (Å²) in [6, 6.07) is 4.80. The van der Waals surface area contributed by atoms with Crippen LogP contribution in [0.1, 0.15) is 35.2 Å². The summed E-state index contributed by atoms with van der Waals surface area (Å²) in [6.45, 7) is 1.86. The van der Waals surface area contributed by atoms with Crippen LogP contribution in [0.2, 0.25) is 5.02 Å². The van der Waals surface area contributed by atoms with Crippen molar-refractivity contribution in [2.45, 2.75) is 32.2 Å². The summed E-state index contributed by atoms with van der Waals surface area (Å²) in [6.07, 6.45) is 2.16. The van der Waals surface area contributed by atoms with Gasteiger partial charge in [0.05, 0.1) is 5.92 Å². The van der Waals surface area contributed by atoms with Crippen LogP contribution in [0.5, 0.6) is 0 Å². The van der Waals surface area contributed by atoms with E-state index in [1.165, 1.54) is 0 Å². The number of carboxylic acid groups (broad SMARTS) is 1. The number of carbonyl (C=O) groups is 2. The maximum Gasteiger partial charge on any atom is 0.308 e. The second-order valence-electron chi connectivity index (χ2n) is 4.92. The molecule has 1 aliphatic carbocycles. The van der Waals surface area contributed by atoms with E-state index in [9.17, 15) is 9.59 Å². The topological polar surface area (TPSA) is 66.4 Å². The van der Waals surface area contributed by atoms with E-state index in [4.69, 9.17) is 16.7 Å². The fourth-order valence-electron chi connectivity index (χ4n) is 2.41. The van der Waals surface area contributed by atoms with Gasteiger partial charge in [-0.25, -0.2) is 0 Å². The quantitative estimate of drug-likeness (QED) is 0.895. The van der Waals surface area contributed by atoms with Gasteiger partial charge >= 0.3 is 5.97 Å². The normalized spacial score (nSPS) is 22.2. The SMILES string of the molecule is Cc1ccc(C(=O)N[C@@H]2CCC[C@@H]2C(=O)O)cc1Cl. The number of halogens is 1. The van der Waals surface area contributed by atoms with Gasteiger partial charge in [0.2, 0.25) is 0 Å². The molecule has 0 spiro atoms. The van der Waals surface area contributed by atoms with E-state index in [2.05, 4.69) is 5.32 Å². The van der Waals surface area contributed by atoms with E-state index in [1.807, 2.05) is 6.92 Å². The van der Waals surface area contributed by atoms with Crippen LogP contribution < -0.4 is 5.32 Å². The van der Waals surface area contributed by atoms with Crippen molar-refractivity contribution >= 4 is 23.5 Å². The van der Waals surface area contributed by atoms with Gasteiger partial charge in [0.1, 0.15) is 0 Å². The van der Waals surface area contributed by atoms with Crippen LogP contribution in [-0.4, -0.2) is 23.0 Å². The first-order valence-electron chi connectivity index (χ1n) is 6.29. The molecule has 19 heavy (non-hydrogen) atoms. The highest BCUT2D eigenvalue weighted by Gasteiger charge is 2.33. The first kappa shape index (κ1) is 13.9. The Labute approximate surface area is 116 Å². The average molecular weight is 282 g/mol. The molecule has 0 heterocycles. The third kappa shape index (κ3) is 3.07. The molecule has 1 fully saturated rings. The highest BCUT2D eigenvalue weighted by Crippen LogP contribution is 2.26. The summed E-state index contributed by atoms with van der Waals surface area (Å²) in [5.74, 6) is -1.59. The van der Waals surface area contributed by atoms with Crippen LogP contribution in [0.4, 0.5) is 0 Å². The average Bonchev–Trinajstić information content (AvgIpc) is 2.80. The number of aryl methyl sites for hydroxylation is 1. The smallest absolute Gasteiger partial charge is 0.308 e. The first-order valence-corrected chi connectivity index (χ1v) is 6.66. The van der Waals surface area contributed by atoms with Crippen LogP contribution in [0.25, 0.3) is 0 Å². The number of rotatable bonds is 3. The number of carboxylic acids is 1. The lowest BCUT2D eigenvalue weighted by Crippen LogP contribution is -2.40. The predicted octanol–water partition coefficient (Wildman–Crippen LogP) is 2.63. The zero-order chi connectivity index (χ0) is 14.0. The number of amides is 1. The van der Waals surface area contributed by atoms with Crippen molar-refractivity contribution in [1.82, 2.24) is 5.32 Å². The Morgan fingerprint density at radius 3 is 2.74 bits per heavy atom. The maximum absolute atomic E-state index is 12.1. The molecule has 0 saturated heterocycles. The lowest BCUT2D eigenvalue weighted by atomic mass is 10.0. The molecule has 0 radical (unpaired) electrons. The molecule has 4 nitrogen and oxygen atoms in total. The Hall–Kier alpha value is -1.55. The minimum atomic E-state index is -0.843. The Kier molecular flexibility index (Phi) is 4.10. The molecule has 5 heteroatoms. The third-order valence-electron chi connectivity index (χ3n) is 3.58. The van der Waals surface area contributed by atoms with Gasteiger partial charge in [-0.2, -0.15) is 0 Å². The molecule has 0 aromatic heterocycles. The van der Waals surface area contributed by atoms with Crippen molar-refractivity contribution in [3.8, 4) is 0 Å². The molecule has 2 N–H and O–H groups in total.